The van der Waals surface area contributed by atoms with Crippen molar-refractivity contribution >= 4 is 17.7 Å². The summed E-state index contributed by atoms with van der Waals surface area (Å²) in [6.07, 6.45) is 1.32. The summed E-state index contributed by atoms with van der Waals surface area (Å²) in [5.41, 5.74) is 1.13. The Kier molecular flexibility index (Phi) is 6.18. The first-order valence-corrected chi connectivity index (χ1v) is 9.56. The molecule has 0 saturated heterocycles. The van der Waals surface area contributed by atoms with E-state index in [1.165, 1.54) is 11.8 Å². The van der Waals surface area contributed by atoms with Crippen molar-refractivity contribution in [3.63, 3.8) is 0 Å². The van der Waals surface area contributed by atoms with Crippen molar-refractivity contribution in [3.8, 4) is 5.75 Å². The standard InChI is InChI=1S/C19H22N4O3S/c1-13-6-4-7-15(10-13)26-14(2)18-21-22-19(23(18)3)27-12-17(24)20-11-16-8-5-9-25-16/h4-10,14H,11-12H2,1-3H3,(H,20,24). The minimum Gasteiger partial charge on any atom is -0.483 e. The summed E-state index contributed by atoms with van der Waals surface area (Å²) in [6.45, 7) is 4.32. The first-order chi connectivity index (χ1) is 13.0. The molecular formula is C19H22N4O3S. The molecule has 142 valence electrons. The fourth-order valence-corrected chi connectivity index (χ4v) is 3.28. The van der Waals surface area contributed by atoms with E-state index >= 15 is 0 Å². The normalized spacial score (nSPS) is 12.0. The molecule has 7 nitrogen and oxygen atoms in total. The fourth-order valence-electron chi connectivity index (χ4n) is 2.53. The Hall–Kier alpha value is -2.74. The number of furan rings is 1. The molecule has 1 N–H and O–H groups in total. The van der Waals surface area contributed by atoms with Gasteiger partial charge < -0.3 is 19.0 Å². The van der Waals surface area contributed by atoms with Gasteiger partial charge in [0.1, 0.15) is 11.5 Å². The number of ether oxygens (including phenoxy) is 1. The molecule has 0 aliphatic carbocycles. The maximum absolute atomic E-state index is 12.0. The molecule has 0 bridgehead atoms. The van der Waals surface area contributed by atoms with E-state index in [0.29, 0.717) is 17.5 Å². The average Bonchev–Trinajstić information content (AvgIpc) is 3.28. The second-order valence-electron chi connectivity index (χ2n) is 6.12. The SMILES string of the molecule is Cc1cccc(OC(C)c2nnc(SCC(=O)NCc3ccco3)n2C)c1. The van der Waals surface area contributed by atoms with E-state index in [4.69, 9.17) is 9.15 Å². The zero-order chi connectivity index (χ0) is 19.2. The molecule has 2 heterocycles. The molecule has 0 aliphatic heterocycles. The summed E-state index contributed by atoms with van der Waals surface area (Å²) in [4.78, 5) is 12.0. The van der Waals surface area contributed by atoms with Gasteiger partial charge in [-0.15, -0.1) is 10.2 Å². The first-order valence-electron chi connectivity index (χ1n) is 8.57. The summed E-state index contributed by atoms with van der Waals surface area (Å²) in [7, 11) is 1.87. The number of nitrogens with zero attached hydrogens (tertiary/aromatic N) is 3. The number of nitrogens with one attached hydrogen (secondary N) is 1. The number of hydrogen-bond acceptors (Lipinski definition) is 6. The molecule has 3 rings (SSSR count). The second kappa shape index (κ2) is 8.77. The van der Waals surface area contributed by atoms with Gasteiger partial charge in [-0.3, -0.25) is 4.79 Å². The van der Waals surface area contributed by atoms with Crippen LogP contribution >= 0.6 is 11.8 Å². The molecule has 2 aromatic heterocycles. The van der Waals surface area contributed by atoms with Gasteiger partial charge in [-0.1, -0.05) is 23.9 Å². The van der Waals surface area contributed by atoms with Crippen LogP contribution in [0.3, 0.4) is 0 Å². The molecular weight excluding hydrogens is 364 g/mol. The number of amides is 1. The summed E-state index contributed by atoms with van der Waals surface area (Å²) in [6, 6.07) is 11.5. The highest BCUT2D eigenvalue weighted by Gasteiger charge is 2.18. The van der Waals surface area contributed by atoms with E-state index in [0.717, 1.165) is 17.1 Å². The van der Waals surface area contributed by atoms with E-state index in [1.54, 1.807) is 12.3 Å². The lowest BCUT2D eigenvalue weighted by molar-refractivity contribution is -0.118. The van der Waals surface area contributed by atoms with Crippen LogP contribution in [-0.4, -0.2) is 26.4 Å². The highest BCUT2D eigenvalue weighted by atomic mass is 32.2. The van der Waals surface area contributed by atoms with Crippen molar-refractivity contribution < 1.29 is 13.9 Å². The minimum atomic E-state index is -0.258. The average molecular weight is 386 g/mol. The number of carbonyl (C=O) groups is 1. The van der Waals surface area contributed by atoms with Crippen LogP contribution in [0.4, 0.5) is 0 Å². The number of rotatable bonds is 8. The van der Waals surface area contributed by atoms with Crippen LogP contribution in [0, 0.1) is 6.92 Å². The molecule has 8 heteroatoms. The smallest absolute Gasteiger partial charge is 0.230 e. The van der Waals surface area contributed by atoms with E-state index in [-0.39, 0.29) is 17.8 Å². The third kappa shape index (κ3) is 5.13. The Labute approximate surface area is 162 Å². The molecule has 0 fully saturated rings. The number of aromatic nitrogens is 3. The van der Waals surface area contributed by atoms with Gasteiger partial charge in [-0.25, -0.2) is 0 Å². The maximum atomic E-state index is 12.0. The second-order valence-corrected chi connectivity index (χ2v) is 7.06. The molecule has 0 spiro atoms. The Morgan fingerprint density at radius 1 is 1.33 bits per heavy atom. The van der Waals surface area contributed by atoms with Crippen LogP contribution in [0.2, 0.25) is 0 Å². The molecule has 1 atom stereocenters. The van der Waals surface area contributed by atoms with Crippen LogP contribution < -0.4 is 10.1 Å². The topological polar surface area (TPSA) is 82.2 Å². The van der Waals surface area contributed by atoms with Crippen LogP contribution in [0.1, 0.15) is 30.2 Å². The number of hydrogen-bond donors (Lipinski definition) is 1. The molecule has 1 unspecified atom stereocenters. The van der Waals surface area contributed by atoms with Crippen LogP contribution in [0.25, 0.3) is 0 Å². The quantitative estimate of drug-likeness (QED) is 0.599. The largest absolute Gasteiger partial charge is 0.483 e. The third-order valence-corrected chi connectivity index (χ3v) is 4.93. The molecule has 0 aliphatic rings. The lowest BCUT2D eigenvalue weighted by atomic mass is 10.2. The monoisotopic (exact) mass is 386 g/mol. The predicted octanol–water partition coefficient (Wildman–Crippen LogP) is 3.27. The fraction of sp³-hybridized carbons (Fsp3) is 0.316. The molecule has 3 aromatic rings. The van der Waals surface area contributed by atoms with Gasteiger partial charge >= 0.3 is 0 Å². The number of thioether (sulfide) groups is 1. The minimum absolute atomic E-state index is 0.0926. The van der Waals surface area contributed by atoms with Crippen molar-refractivity contribution in [1.82, 2.24) is 20.1 Å². The molecule has 1 amide bonds. The van der Waals surface area contributed by atoms with Gasteiger partial charge in [0.05, 0.1) is 18.6 Å². The van der Waals surface area contributed by atoms with Crippen molar-refractivity contribution in [1.29, 1.82) is 0 Å². The first kappa shape index (κ1) is 19.0. The van der Waals surface area contributed by atoms with Crippen LogP contribution in [-0.2, 0) is 18.4 Å². The lowest BCUT2D eigenvalue weighted by Crippen LogP contribution is -2.24. The summed E-state index contributed by atoms with van der Waals surface area (Å²) < 4.78 is 13.0. The van der Waals surface area contributed by atoms with Gasteiger partial charge in [-0.2, -0.15) is 0 Å². The molecule has 0 radical (unpaired) electrons. The predicted molar refractivity (Wildman–Crippen MR) is 103 cm³/mol. The van der Waals surface area contributed by atoms with Crippen LogP contribution in [0.5, 0.6) is 5.75 Å². The van der Waals surface area contributed by atoms with Gasteiger partial charge in [0.25, 0.3) is 0 Å². The van der Waals surface area contributed by atoms with E-state index < -0.39 is 0 Å². The van der Waals surface area contributed by atoms with Crippen molar-refractivity contribution in [2.45, 2.75) is 31.7 Å². The molecule has 0 saturated carbocycles. The van der Waals surface area contributed by atoms with E-state index in [1.807, 2.05) is 55.8 Å². The zero-order valence-electron chi connectivity index (χ0n) is 15.5. The molecule has 27 heavy (non-hydrogen) atoms. The molecule has 1 aromatic carbocycles. The maximum Gasteiger partial charge on any atom is 0.230 e. The van der Waals surface area contributed by atoms with Crippen molar-refractivity contribution in [3.05, 3.63) is 59.8 Å². The van der Waals surface area contributed by atoms with E-state index in [9.17, 15) is 4.79 Å². The number of carbonyl (C=O) groups excluding carboxylic acids is 1. The summed E-state index contributed by atoms with van der Waals surface area (Å²) >= 11 is 1.33. The van der Waals surface area contributed by atoms with Crippen molar-refractivity contribution in [2.75, 3.05) is 5.75 Å². The Bertz CT molecular complexity index is 892. The number of aryl methyl sites for hydroxylation is 1. The lowest BCUT2D eigenvalue weighted by Gasteiger charge is -2.14. The van der Waals surface area contributed by atoms with Crippen molar-refractivity contribution in [2.24, 2.45) is 7.05 Å². The van der Waals surface area contributed by atoms with Gasteiger partial charge in [-0.05, 0) is 43.7 Å². The summed E-state index contributed by atoms with van der Waals surface area (Å²) in [5.74, 6) is 2.37. The highest BCUT2D eigenvalue weighted by Crippen LogP contribution is 2.24. The Morgan fingerprint density at radius 2 is 2.19 bits per heavy atom. The van der Waals surface area contributed by atoms with Gasteiger partial charge in [0.2, 0.25) is 5.91 Å². The Balaban J connectivity index is 1.53. The summed E-state index contributed by atoms with van der Waals surface area (Å²) in [5, 5.41) is 11.9. The van der Waals surface area contributed by atoms with Gasteiger partial charge in [0, 0.05) is 7.05 Å². The highest BCUT2D eigenvalue weighted by molar-refractivity contribution is 7.99. The van der Waals surface area contributed by atoms with Gasteiger partial charge in [0.15, 0.2) is 17.1 Å². The third-order valence-electron chi connectivity index (χ3n) is 3.91. The number of benzene rings is 1. The Morgan fingerprint density at radius 3 is 2.93 bits per heavy atom. The zero-order valence-corrected chi connectivity index (χ0v) is 16.3. The van der Waals surface area contributed by atoms with Crippen LogP contribution in [0.15, 0.2) is 52.2 Å². The van der Waals surface area contributed by atoms with E-state index in [2.05, 4.69) is 15.5 Å².